The average molecular weight is 585 g/mol. The van der Waals surface area contributed by atoms with Crippen LogP contribution in [0.4, 0.5) is 13.2 Å². The Labute approximate surface area is 205 Å². The molecule has 0 unspecified atom stereocenters. The molecule has 9 heteroatoms. The fourth-order valence-electron chi connectivity index (χ4n) is 4.07. The quantitative estimate of drug-likeness (QED) is 0.369. The first-order chi connectivity index (χ1) is 15.9. The largest absolute Gasteiger partial charge is 0.440 e. The van der Waals surface area contributed by atoms with Crippen LogP contribution >= 0.6 is 31.9 Å². The van der Waals surface area contributed by atoms with Gasteiger partial charge in [0.15, 0.2) is 11.5 Å². The molecule has 0 atom stereocenters. The van der Waals surface area contributed by atoms with Crippen LogP contribution in [0, 0.1) is 17.5 Å². The van der Waals surface area contributed by atoms with Gasteiger partial charge in [0.25, 0.3) is 0 Å². The number of morpholine rings is 1. The highest BCUT2D eigenvalue weighted by molar-refractivity contribution is 9.10. The van der Waals surface area contributed by atoms with E-state index in [9.17, 15) is 4.39 Å². The van der Waals surface area contributed by atoms with Crippen molar-refractivity contribution in [2.45, 2.75) is 12.3 Å². The summed E-state index contributed by atoms with van der Waals surface area (Å²) in [7, 11) is 0. The zero-order valence-corrected chi connectivity index (χ0v) is 20.4. The predicted molar refractivity (Wildman–Crippen MR) is 123 cm³/mol. The van der Waals surface area contributed by atoms with Gasteiger partial charge in [0.05, 0.1) is 24.3 Å². The normalized spacial score (nSPS) is 17.4. The molecular formula is C24H18Br2F3NO3. The Bertz CT molecular complexity index is 1170. The van der Waals surface area contributed by atoms with E-state index < -0.39 is 23.2 Å². The molecular weight excluding hydrogens is 567 g/mol. The molecule has 172 valence electrons. The van der Waals surface area contributed by atoms with E-state index in [0.29, 0.717) is 47.4 Å². The first kappa shape index (κ1) is 22.7. The van der Waals surface area contributed by atoms with Crippen molar-refractivity contribution < 1.29 is 27.4 Å². The molecule has 0 saturated carbocycles. The maximum Gasteiger partial charge on any atom is 0.311 e. The summed E-state index contributed by atoms with van der Waals surface area (Å²) in [4.78, 5) is 2.07. The number of rotatable bonds is 4. The first-order valence-corrected chi connectivity index (χ1v) is 11.9. The lowest BCUT2D eigenvalue weighted by molar-refractivity contribution is -0.0515. The number of hydrogen-bond donors (Lipinski definition) is 0. The Morgan fingerprint density at radius 1 is 0.758 bits per heavy atom. The zero-order valence-electron chi connectivity index (χ0n) is 17.2. The molecule has 0 aliphatic carbocycles. The van der Waals surface area contributed by atoms with Crippen LogP contribution < -0.4 is 9.47 Å². The minimum atomic E-state index is -1.96. The summed E-state index contributed by atoms with van der Waals surface area (Å²) in [6.45, 7) is 2.90. The van der Waals surface area contributed by atoms with Crippen LogP contribution in [0.3, 0.4) is 0 Å². The Balaban J connectivity index is 1.59. The summed E-state index contributed by atoms with van der Waals surface area (Å²) >= 11 is 6.46. The molecule has 3 aromatic carbocycles. The van der Waals surface area contributed by atoms with Gasteiger partial charge in [-0.25, -0.2) is 13.2 Å². The van der Waals surface area contributed by atoms with Crippen molar-refractivity contribution in [3.63, 3.8) is 0 Å². The Morgan fingerprint density at radius 2 is 1.30 bits per heavy atom. The smallest absolute Gasteiger partial charge is 0.311 e. The van der Waals surface area contributed by atoms with Gasteiger partial charge in [-0.15, -0.1) is 0 Å². The highest BCUT2D eigenvalue weighted by atomic mass is 79.9. The molecule has 0 aromatic heterocycles. The van der Waals surface area contributed by atoms with E-state index in [1.165, 1.54) is 36.4 Å². The van der Waals surface area contributed by atoms with Crippen molar-refractivity contribution in [2.75, 3.05) is 26.3 Å². The van der Waals surface area contributed by atoms with Crippen molar-refractivity contribution >= 4 is 31.9 Å². The third-order valence-electron chi connectivity index (χ3n) is 5.69. The van der Waals surface area contributed by atoms with E-state index in [0.717, 1.165) is 0 Å². The Kier molecular flexibility index (Phi) is 6.15. The molecule has 2 aliphatic heterocycles. The van der Waals surface area contributed by atoms with Gasteiger partial charge in [0, 0.05) is 40.2 Å². The number of benzene rings is 3. The van der Waals surface area contributed by atoms with Gasteiger partial charge in [-0.1, -0.05) is 31.9 Å². The van der Waals surface area contributed by atoms with Gasteiger partial charge in [-0.2, -0.15) is 0 Å². The van der Waals surface area contributed by atoms with Crippen molar-refractivity contribution in [1.82, 2.24) is 4.90 Å². The minimum Gasteiger partial charge on any atom is -0.440 e. The molecule has 1 saturated heterocycles. The standard InChI is InChI=1S/C24H18Br2F3NO3/c25-15-1-3-17(20(28)10-15)24(18-4-2-16(26)11-21(18)29)32-22-9-14(19(27)12-23(22)33-24)13-30-5-7-31-8-6-30/h1-4,9-12H,5-8,13H2. The summed E-state index contributed by atoms with van der Waals surface area (Å²) in [6.07, 6.45) is 0. The van der Waals surface area contributed by atoms with E-state index in [-0.39, 0.29) is 22.6 Å². The summed E-state index contributed by atoms with van der Waals surface area (Å²) in [6, 6.07) is 11.4. The lowest BCUT2D eigenvalue weighted by atomic mass is 9.96. The SMILES string of the molecule is Fc1cc2c(cc1CN1CCOCC1)OC(c1ccc(Br)cc1F)(c1ccc(Br)cc1F)O2. The van der Waals surface area contributed by atoms with Crippen molar-refractivity contribution in [3.05, 3.63) is 91.6 Å². The number of ether oxygens (including phenoxy) is 3. The molecule has 2 aliphatic rings. The topological polar surface area (TPSA) is 30.9 Å². The molecule has 1 fully saturated rings. The highest BCUT2D eigenvalue weighted by Gasteiger charge is 2.49. The molecule has 0 bridgehead atoms. The second kappa shape index (κ2) is 8.94. The van der Waals surface area contributed by atoms with Crippen LogP contribution in [0.15, 0.2) is 57.5 Å². The zero-order chi connectivity index (χ0) is 23.2. The fourth-order valence-corrected chi connectivity index (χ4v) is 4.73. The molecule has 3 aromatic rings. The molecule has 2 heterocycles. The number of hydrogen-bond acceptors (Lipinski definition) is 4. The highest BCUT2D eigenvalue weighted by Crippen LogP contribution is 2.50. The predicted octanol–water partition coefficient (Wildman–Crippen LogP) is 6.13. The third-order valence-corrected chi connectivity index (χ3v) is 6.68. The number of nitrogens with zero attached hydrogens (tertiary/aromatic N) is 1. The van der Waals surface area contributed by atoms with Crippen LogP contribution in [0.2, 0.25) is 0 Å². The van der Waals surface area contributed by atoms with Crippen LogP contribution in [0.5, 0.6) is 11.5 Å². The van der Waals surface area contributed by atoms with E-state index in [2.05, 4.69) is 36.8 Å². The molecule has 4 nitrogen and oxygen atoms in total. The second-order valence-electron chi connectivity index (χ2n) is 7.85. The van der Waals surface area contributed by atoms with Crippen LogP contribution in [-0.2, 0) is 17.1 Å². The molecule has 0 amide bonds. The lowest BCUT2D eigenvalue weighted by Gasteiger charge is -2.29. The van der Waals surface area contributed by atoms with Gasteiger partial charge >= 0.3 is 5.79 Å². The Morgan fingerprint density at radius 3 is 1.85 bits per heavy atom. The maximum absolute atomic E-state index is 15.1. The van der Waals surface area contributed by atoms with Crippen LogP contribution in [0.25, 0.3) is 0 Å². The molecule has 5 rings (SSSR count). The van der Waals surface area contributed by atoms with E-state index in [1.807, 2.05) is 0 Å². The minimum absolute atomic E-state index is 0.0294. The summed E-state index contributed by atoms with van der Waals surface area (Å²) in [5.74, 6) is -3.47. The van der Waals surface area contributed by atoms with Crippen LogP contribution in [0.1, 0.15) is 16.7 Å². The molecule has 0 spiro atoms. The number of halogens is 5. The maximum atomic E-state index is 15.1. The third kappa shape index (κ3) is 4.27. The molecule has 0 N–H and O–H groups in total. The van der Waals surface area contributed by atoms with Gasteiger partial charge in [-0.3, -0.25) is 4.90 Å². The summed E-state index contributed by atoms with van der Waals surface area (Å²) in [5, 5.41) is 0. The van der Waals surface area contributed by atoms with E-state index >= 15 is 8.78 Å². The summed E-state index contributed by atoms with van der Waals surface area (Å²) < 4.78 is 63.7. The van der Waals surface area contributed by atoms with Crippen molar-refractivity contribution in [3.8, 4) is 11.5 Å². The van der Waals surface area contributed by atoms with Gasteiger partial charge in [0.1, 0.15) is 17.5 Å². The summed E-state index contributed by atoms with van der Waals surface area (Å²) in [5.41, 5.74) is 0.346. The van der Waals surface area contributed by atoms with Gasteiger partial charge in [-0.05, 0) is 42.5 Å². The molecule has 33 heavy (non-hydrogen) atoms. The number of fused-ring (bicyclic) bond motifs is 1. The first-order valence-electron chi connectivity index (χ1n) is 10.3. The van der Waals surface area contributed by atoms with Crippen molar-refractivity contribution in [1.29, 1.82) is 0 Å². The fraction of sp³-hybridized carbons (Fsp3) is 0.250. The van der Waals surface area contributed by atoms with Crippen molar-refractivity contribution in [2.24, 2.45) is 0 Å². The Hall–Kier alpha value is -2.07. The second-order valence-corrected chi connectivity index (χ2v) is 9.68. The van der Waals surface area contributed by atoms with Crippen LogP contribution in [-0.4, -0.2) is 31.2 Å². The lowest BCUT2D eigenvalue weighted by Crippen LogP contribution is -2.38. The van der Waals surface area contributed by atoms with Gasteiger partial charge < -0.3 is 14.2 Å². The molecule has 0 radical (unpaired) electrons. The van der Waals surface area contributed by atoms with Gasteiger partial charge in [0.2, 0.25) is 0 Å². The van der Waals surface area contributed by atoms with E-state index in [4.69, 9.17) is 14.2 Å². The van der Waals surface area contributed by atoms with E-state index in [1.54, 1.807) is 12.1 Å². The monoisotopic (exact) mass is 583 g/mol. The average Bonchev–Trinajstić information content (AvgIpc) is 3.13.